The second-order valence-corrected chi connectivity index (χ2v) is 7.18. The average molecular weight is 375 g/mol. The minimum atomic E-state index is -0.365. The third-order valence-electron chi connectivity index (χ3n) is 5.31. The molecule has 6 heteroatoms. The number of likely N-dealkylation sites (tertiary alicyclic amines) is 1. The molecule has 0 unspecified atom stereocenters. The lowest BCUT2D eigenvalue weighted by molar-refractivity contribution is -0.00326. The number of rotatable bonds is 6. The number of carbonyl (C=O) groups excluding carboxylic acids is 1. The quantitative estimate of drug-likeness (QED) is 0.774. The van der Waals surface area contributed by atoms with Crippen molar-refractivity contribution in [1.29, 1.82) is 0 Å². The van der Waals surface area contributed by atoms with E-state index in [0.717, 1.165) is 18.4 Å². The molecular formula is C21H29NO5. The number of nitrogens with zero attached hydrogens (tertiary/aromatic N) is 1. The van der Waals surface area contributed by atoms with E-state index in [2.05, 4.69) is 6.92 Å². The van der Waals surface area contributed by atoms with Gasteiger partial charge >= 0.3 is 6.09 Å². The van der Waals surface area contributed by atoms with Gasteiger partial charge in [-0.3, -0.25) is 4.90 Å². The van der Waals surface area contributed by atoms with Crippen molar-refractivity contribution in [2.75, 3.05) is 19.8 Å². The summed E-state index contributed by atoms with van der Waals surface area (Å²) in [4.78, 5) is 14.6. The van der Waals surface area contributed by atoms with E-state index in [9.17, 15) is 9.90 Å². The summed E-state index contributed by atoms with van der Waals surface area (Å²) >= 11 is 0. The zero-order chi connectivity index (χ0) is 19.1. The number of hydrogen-bond acceptors (Lipinski definition) is 5. The van der Waals surface area contributed by atoms with E-state index >= 15 is 0 Å². The number of aliphatic hydroxyl groups excluding tert-OH is 1. The van der Waals surface area contributed by atoms with Gasteiger partial charge in [-0.25, -0.2) is 4.79 Å². The molecule has 1 aromatic carbocycles. The summed E-state index contributed by atoms with van der Waals surface area (Å²) in [5, 5.41) is 9.79. The van der Waals surface area contributed by atoms with E-state index in [4.69, 9.17) is 14.2 Å². The standard InChI is InChI=1S/C21H29NO5/c1-16-10-11-18(14-23)22(19(16)8-5-9-20-25-12-13-26-20)21(24)27-15-17-6-3-2-4-7-17/h2-7,9,16,18-20,23H,8,10-15H2,1H3/b9-5+/t16-,18-,19-/m0/s1. The normalized spacial score (nSPS) is 26.6. The smallest absolute Gasteiger partial charge is 0.410 e. The fourth-order valence-electron chi connectivity index (χ4n) is 3.75. The van der Waals surface area contributed by atoms with Crippen LogP contribution in [0.25, 0.3) is 0 Å². The molecule has 0 radical (unpaired) electrons. The third kappa shape index (κ3) is 5.31. The van der Waals surface area contributed by atoms with Crippen molar-refractivity contribution in [2.24, 2.45) is 5.92 Å². The zero-order valence-corrected chi connectivity index (χ0v) is 15.8. The highest BCUT2D eigenvalue weighted by atomic mass is 16.7. The maximum Gasteiger partial charge on any atom is 0.410 e. The zero-order valence-electron chi connectivity index (χ0n) is 15.8. The number of benzene rings is 1. The molecule has 0 saturated carbocycles. The van der Waals surface area contributed by atoms with Crippen LogP contribution in [-0.4, -0.2) is 54.3 Å². The topological polar surface area (TPSA) is 68.2 Å². The van der Waals surface area contributed by atoms with E-state index in [1.54, 1.807) is 4.90 Å². The molecule has 0 spiro atoms. The van der Waals surface area contributed by atoms with Crippen LogP contribution in [0, 0.1) is 5.92 Å². The largest absolute Gasteiger partial charge is 0.445 e. The molecule has 2 fully saturated rings. The maximum atomic E-state index is 12.8. The van der Waals surface area contributed by atoms with Crippen LogP contribution in [0.15, 0.2) is 42.5 Å². The summed E-state index contributed by atoms with van der Waals surface area (Å²) in [6.45, 7) is 3.54. The Balaban J connectivity index is 1.64. The van der Waals surface area contributed by atoms with Crippen LogP contribution in [-0.2, 0) is 20.8 Å². The van der Waals surface area contributed by atoms with Gasteiger partial charge in [0.1, 0.15) is 6.61 Å². The molecule has 2 saturated heterocycles. The van der Waals surface area contributed by atoms with E-state index in [0.29, 0.717) is 25.6 Å². The third-order valence-corrected chi connectivity index (χ3v) is 5.31. The lowest BCUT2D eigenvalue weighted by Crippen LogP contribution is -2.54. The maximum absolute atomic E-state index is 12.8. The van der Waals surface area contributed by atoms with Crippen molar-refractivity contribution in [3.05, 3.63) is 48.0 Å². The Labute approximate surface area is 160 Å². The lowest BCUT2D eigenvalue weighted by atomic mass is 9.85. The van der Waals surface area contributed by atoms with Gasteiger partial charge < -0.3 is 19.3 Å². The first-order valence-electron chi connectivity index (χ1n) is 9.68. The highest BCUT2D eigenvalue weighted by Crippen LogP contribution is 2.31. The van der Waals surface area contributed by atoms with Crippen molar-refractivity contribution < 1.29 is 24.1 Å². The summed E-state index contributed by atoms with van der Waals surface area (Å²) in [5.41, 5.74) is 0.948. The van der Waals surface area contributed by atoms with Crippen LogP contribution in [0.4, 0.5) is 4.79 Å². The summed E-state index contributed by atoms with van der Waals surface area (Å²) in [5.74, 6) is 0.326. The second kappa shape index (κ2) is 9.88. The summed E-state index contributed by atoms with van der Waals surface area (Å²) in [6, 6.07) is 9.40. The first-order chi connectivity index (χ1) is 13.2. The molecule has 3 atom stereocenters. The van der Waals surface area contributed by atoms with Crippen LogP contribution in [0.3, 0.4) is 0 Å². The van der Waals surface area contributed by atoms with E-state index in [-0.39, 0.29) is 37.7 Å². The fourth-order valence-corrected chi connectivity index (χ4v) is 3.75. The molecule has 0 aromatic heterocycles. The van der Waals surface area contributed by atoms with Gasteiger partial charge in [0.25, 0.3) is 0 Å². The second-order valence-electron chi connectivity index (χ2n) is 7.18. The van der Waals surface area contributed by atoms with E-state index in [1.165, 1.54) is 0 Å². The number of carbonyl (C=O) groups is 1. The van der Waals surface area contributed by atoms with Gasteiger partial charge in [-0.15, -0.1) is 0 Å². The van der Waals surface area contributed by atoms with Crippen LogP contribution in [0.1, 0.15) is 31.7 Å². The molecule has 2 aliphatic rings. The van der Waals surface area contributed by atoms with Crippen LogP contribution in [0.5, 0.6) is 0 Å². The first kappa shape index (κ1) is 19.9. The Morgan fingerprint density at radius 3 is 2.70 bits per heavy atom. The summed E-state index contributed by atoms with van der Waals surface area (Å²) in [6.07, 6.45) is 5.69. The molecular weight excluding hydrogens is 346 g/mol. The molecule has 148 valence electrons. The predicted octanol–water partition coefficient (Wildman–Crippen LogP) is 3.10. The SMILES string of the molecule is C[C@H]1CC[C@@H](CO)N(C(=O)OCc2ccccc2)[C@H]1C/C=C/C1OCCO1. The molecule has 6 nitrogen and oxygen atoms in total. The minimum Gasteiger partial charge on any atom is -0.445 e. The van der Waals surface area contributed by atoms with Gasteiger partial charge in [0, 0.05) is 6.04 Å². The van der Waals surface area contributed by atoms with Gasteiger partial charge in [-0.05, 0) is 36.8 Å². The Morgan fingerprint density at radius 2 is 2.00 bits per heavy atom. The first-order valence-corrected chi connectivity index (χ1v) is 9.68. The minimum absolute atomic E-state index is 0.0168. The molecule has 1 aromatic rings. The number of aliphatic hydroxyl groups is 1. The molecule has 3 rings (SSSR count). The average Bonchev–Trinajstić information content (AvgIpc) is 3.21. The van der Waals surface area contributed by atoms with Gasteiger partial charge in [-0.2, -0.15) is 0 Å². The number of hydrogen-bond donors (Lipinski definition) is 1. The van der Waals surface area contributed by atoms with Gasteiger partial charge in [-0.1, -0.05) is 43.3 Å². The van der Waals surface area contributed by atoms with E-state index < -0.39 is 0 Å². The predicted molar refractivity (Wildman–Crippen MR) is 101 cm³/mol. The van der Waals surface area contributed by atoms with Crippen molar-refractivity contribution in [2.45, 2.75) is 51.2 Å². The molecule has 2 heterocycles. The van der Waals surface area contributed by atoms with Crippen molar-refractivity contribution in [3.8, 4) is 0 Å². The van der Waals surface area contributed by atoms with Gasteiger partial charge in [0.15, 0.2) is 6.29 Å². The Morgan fingerprint density at radius 1 is 1.26 bits per heavy atom. The monoisotopic (exact) mass is 375 g/mol. The molecule has 1 amide bonds. The molecule has 1 N–H and O–H groups in total. The number of piperidine rings is 1. The number of ether oxygens (including phenoxy) is 3. The fraction of sp³-hybridized carbons (Fsp3) is 0.571. The molecule has 2 aliphatic heterocycles. The Hall–Kier alpha value is -1.89. The lowest BCUT2D eigenvalue weighted by Gasteiger charge is -2.44. The van der Waals surface area contributed by atoms with Gasteiger partial charge in [0.05, 0.1) is 25.9 Å². The summed E-state index contributed by atoms with van der Waals surface area (Å²) < 4.78 is 16.4. The molecule has 27 heavy (non-hydrogen) atoms. The van der Waals surface area contributed by atoms with Crippen LogP contribution in [0.2, 0.25) is 0 Å². The van der Waals surface area contributed by atoms with E-state index in [1.807, 2.05) is 42.5 Å². The van der Waals surface area contributed by atoms with Crippen LogP contribution >= 0.6 is 0 Å². The molecule has 0 aliphatic carbocycles. The van der Waals surface area contributed by atoms with Crippen molar-refractivity contribution in [1.82, 2.24) is 4.90 Å². The summed E-state index contributed by atoms with van der Waals surface area (Å²) in [7, 11) is 0. The van der Waals surface area contributed by atoms with Crippen molar-refractivity contribution >= 4 is 6.09 Å². The van der Waals surface area contributed by atoms with Gasteiger partial charge in [0.2, 0.25) is 0 Å². The van der Waals surface area contributed by atoms with Crippen molar-refractivity contribution in [3.63, 3.8) is 0 Å². The molecule has 0 bridgehead atoms. The Kier molecular flexibility index (Phi) is 7.26. The Bertz CT molecular complexity index is 614. The number of amides is 1. The highest BCUT2D eigenvalue weighted by Gasteiger charge is 2.38. The highest BCUT2D eigenvalue weighted by molar-refractivity contribution is 5.69. The van der Waals surface area contributed by atoms with Crippen LogP contribution < -0.4 is 0 Å².